The van der Waals surface area contributed by atoms with E-state index in [0.717, 1.165) is 19.4 Å². The SMILES string of the molecule is CC1(C)CCCNC1CNC(=O)c1ccc(OC(F)F)cc1.Cl. The topological polar surface area (TPSA) is 50.4 Å². The van der Waals surface area contributed by atoms with Crippen molar-refractivity contribution in [2.45, 2.75) is 39.3 Å². The lowest BCUT2D eigenvalue weighted by atomic mass is 9.77. The minimum atomic E-state index is -2.86. The molecule has 1 amide bonds. The first-order valence-electron chi connectivity index (χ1n) is 7.45. The lowest BCUT2D eigenvalue weighted by Gasteiger charge is -2.39. The maximum absolute atomic E-state index is 12.1. The van der Waals surface area contributed by atoms with Gasteiger partial charge in [-0.2, -0.15) is 8.78 Å². The van der Waals surface area contributed by atoms with Crippen LogP contribution in [0.1, 0.15) is 37.0 Å². The molecule has 1 heterocycles. The molecule has 1 saturated heterocycles. The van der Waals surface area contributed by atoms with Gasteiger partial charge in [-0.3, -0.25) is 4.79 Å². The van der Waals surface area contributed by atoms with Crippen molar-refractivity contribution >= 4 is 18.3 Å². The van der Waals surface area contributed by atoms with E-state index in [1.54, 1.807) is 0 Å². The van der Waals surface area contributed by atoms with Crippen molar-refractivity contribution in [1.82, 2.24) is 10.6 Å². The molecule has 0 saturated carbocycles. The van der Waals surface area contributed by atoms with Crippen molar-refractivity contribution < 1.29 is 18.3 Å². The van der Waals surface area contributed by atoms with Crippen LogP contribution in [0.4, 0.5) is 8.78 Å². The fraction of sp³-hybridized carbons (Fsp3) is 0.562. The van der Waals surface area contributed by atoms with Crippen molar-refractivity contribution in [3.63, 3.8) is 0 Å². The van der Waals surface area contributed by atoms with E-state index in [1.165, 1.54) is 24.3 Å². The van der Waals surface area contributed by atoms with Crippen LogP contribution in [-0.2, 0) is 0 Å². The molecule has 1 atom stereocenters. The highest BCUT2D eigenvalue weighted by Crippen LogP contribution is 2.29. The third kappa shape index (κ3) is 5.62. The van der Waals surface area contributed by atoms with E-state index >= 15 is 0 Å². The number of carbonyl (C=O) groups excluding carboxylic acids is 1. The maximum atomic E-state index is 12.1. The number of amides is 1. The number of alkyl halides is 2. The lowest BCUT2D eigenvalue weighted by Crippen LogP contribution is -2.52. The van der Waals surface area contributed by atoms with Gasteiger partial charge in [0.05, 0.1) is 0 Å². The van der Waals surface area contributed by atoms with E-state index in [-0.39, 0.29) is 35.5 Å². The van der Waals surface area contributed by atoms with Gasteiger partial charge in [-0.1, -0.05) is 13.8 Å². The Hall–Kier alpha value is -1.40. The van der Waals surface area contributed by atoms with Crippen molar-refractivity contribution in [3.05, 3.63) is 29.8 Å². The Kier molecular flexibility index (Phi) is 7.22. The zero-order valence-electron chi connectivity index (χ0n) is 13.3. The number of ether oxygens (including phenoxy) is 1. The van der Waals surface area contributed by atoms with Gasteiger partial charge in [0.15, 0.2) is 0 Å². The molecule has 0 aromatic heterocycles. The van der Waals surface area contributed by atoms with Crippen LogP contribution >= 0.6 is 12.4 Å². The first kappa shape index (κ1) is 19.6. The van der Waals surface area contributed by atoms with Crippen LogP contribution < -0.4 is 15.4 Å². The highest BCUT2D eigenvalue weighted by Gasteiger charge is 2.31. The molecule has 1 aliphatic rings. The number of piperidine rings is 1. The highest BCUT2D eigenvalue weighted by atomic mass is 35.5. The van der Waals surface area contributed by atoms with Gasteiger partial charge in [-0.25, -0.2) is 0 Å². The Balaban J connectivity index is 0.00000264. The fourth-order valence-electron chi connectivity index (χ4n) is 2.70. The number of halogens is 3. The number of rotatable bonds is 5. The zero-order chi connectivity index (χ0) is 16.2. The van der Waals surface area contributed by atoms with E-state index in [4.69, 9.17) is 0 Å². The molecule has 4 nitrogen and oxygen atoms in total. The predicted octanol–water partition coefficient (Wildman–Crippen LogP) is 3.22. The summed E-state index contributed by atoms with van der Waals surface area (Å²) in [7, 11) is 0. The average molecular weight is 349 g/mol. The lowest BCUT2D eigenvalue weighted by molar-refractivity contribution is -0.0498. The third-order valence-electron chi connectivity index (χ3n) is 4.14. The molecule has 0 bridgehead atoms. The maximum Gasteiger partial charge on any atom is 0.387 e. The molecule has 2 N–H and O–H groups in total. The van der Waals surface area contributed by atoms with Crippen molar-refractivity contribution in [1.29, 1.82) is 0 Å². The molecule has 1 aromatic carbocycles. The monoisotopic (exact) mass is 348 g/mol. The summed E-state index contributed by atoms with van der Waals surface area (Å²) in [6, 6.07) is 5.92. The van der Waals surface area contributed by atoms with Gasteiger partial charge < -0.3 is 15.4 Å². The Morgan fingerprint density at radius 1 is 1.39 bits per heavy atom. The van der Waals surface area contributed by atoms with Gasteiger partial charge in [0.1, 0.15) is 5.75 Å². The largest absolute Gasteiger partial charge is 0.435 e. The first-order valence-corrected chi connectivity index (χ1v) is 7.45. The third-order valence-corrected chi connectivity index (χ3v) is 4.14. The Labute approximate surface area is 141 Å². The van der Waals surface area contributed by atoms with E-state index in [2.05, 4.69) is 29.2 Å². The summed E-state index contributed by atoms with van der Waals surface area (Å²) >= 11 is 0. The van der Waals surface area contributed by atoms with Gasteiger partial charge >= 0.3 is 6.61 Å². The molecule has 0 spiro atoms. The minimum Gasteiger partial charge on any atom is -0.435 e. The summed E-state index contributed by atoms with van der Waals surface area (Å²) in [5.41, 5.74) is 0.566. The second kappa shape index (κ2) is 8.45. The summed E-state index contributed by atoms with van der Waals surface area (Å²) < 4.78 is 28.4. The number of nitrogens with one attached hydrogen (secondary N) is 2. The molecule has 1 unspecified atom stereocenters. The van der Waals surface area contributed by atoms with Gasteiger partial charge in [0, 0.05) is 18.2 Å². The Morgan fingerprint density at radius 2 is 2.04 bits per heavy atom. The number of carbonyl (C=O) groups is 1. The van der Waals surface area contributed by atoms with Crippen LogP contribution in [-0.4, -0.2) is 31.7 Å². The summed E-state index contributed by atoms with van der Waals surface area (Å²) in [5.74, 6) is -0.173. The van der Waals surface area contributed by atoms with Gasteiger partial charge in [-0.05, 0) is 49.1 Å². The van der Waals surface area contributed by atoms with Crippen molar-refractivity contribution in [2.75, 3.05) is 13.1 Å². The van der Waals surface area contributed by atoms with E-state index in [9.17, 15) is 13.6 Å². The molecular weight excluding hydrogens is 326 g/mol. The van der Waals surface area contributed by atoms with Gasteiger partial charge in [-0.15, -0.1) is 12.4 Å². The second-order valence-electron chi connectivity index (χ2n) is 6.21. The number of hydrogen-bond acceptors (Lipinski definition) is 3. The fourth-order valence-corrected chi connectivity index (χ4v) is 2.70. The molecular formula is C16H23ClF2N2O2. The van der Waals surface area contributed by atoms with Gasteiger partial charge in [0.25, 0.3) is 5.91 Å². The predicted molar refractivity (Wildman–Crippen MR) is 87.5 cm³/mol. The summed E-state index contributed by atoms with van der Waals surface area (Å²) in [6.07, 6.45) is 2.27. The van der Waals surface area contributed by atoms with Crippen LogP contribution in [0.2, 0.25) is 0 Å². The number of benzene rings is 1. The van der Waals surface area contributed by atoms with E-state index in [0.29, 0.717) is 12.1 Å². The van der Waals surface area contributed by atoms with Crippen molar-refractivity contribution in [3.8, 4) is 5.75 Å². The zero-order valence-corrected chi connectivity index (χ0v) is 14.1. The minimum absolute atomic E-state index is 0. The average Bonchev–Trinajstić information content (AvgIpc) is 2.45. The molecule has 1 aromatic rings. The van der Waals surface area contributed by atoms with E-state index in [1.807, 2.05) is 0 Å². The second-order valence-corrected chi connectivity index (χ2v) is 6.21. The van der Waals surface area contributed by atoms with Crippen LogP contribution in [0.15, 0.2) is 24.3 Å². The van der Waals surface area contributed by atoms with Gasteiger partial charge in [0.2, 0.25) is 0 Å². The normalized spacial score (nSPS) is 19.8. The molecule has 1 aliphatic heterocycles. The molecule has 23 heavy (non-hydrogen) atoms. The van der Waals surface area contributed by atoms with E-state index < -0.39 is 6.61 Å². The summed E-state index contributed by atoms with van der Waals surface area (Å²) in [5, 5.41) is 6.32. The molecule has 0 aliphatic carbocycles. The molecule has 1 fully saturated rings. The molecule has 7 heteroatoms. The Morgan fingerprint density at radius 3 is 2.61 bits per heavy atom. The molecule has 130 valence electrons. The van der Waals surface area contributed by atoms with Crippen LogP contribution in [0.3, 0.4) is 0 Å². The van der Waals surface area contributed by atoms with Crippen LogP contribution in [0.25, 0.3) is 0 Å². The Bertz CT molecular complexity index is 509. The van der Waals surface area contributed by atoms with Crippen LogP contribution in [0, 0.1) is 5.41 Å². The highest BCUT2D eigenvalue weighted by molar-refractivity contribution is 5.94. The van der Waals surface area contributed by atoms with Crippen molar-refractivity contribution in [2.24, 2.45) is 5.41 Å². The smallest absolute Gasteiger partial charge is 0.387 e. The summed E-state index contributed by atoms with van der Waals surface area (Å²) in [4.78, 5) is 12.1. The quantitative estimate of drug-likeness (QED) is 0.859. The molecule has 0 radical (unpaired) electrons. The molecule has 2 rings (SSSR count). The number of hydrogen-bond donors (Lipinski definition) is 2. The standard InChI is InChI=1S/C16H22F2N2O2.ClH/c1-16(2)8-3-9-19-13(16)10-20-14(21)11-4-6-12(7-5-11)22-15(17)18;/h4-7,13,15,19H,3,8-10H2,1-2H3,(H,20,21);1H. The summed E-state index contributed by atoms with van der Waals surface area (Å²) in [6.45, 7) is 3.02. The van der Waals surface area contributed by atoms with Crippen LogP contribution in [0.5, 0.6) is 5.75 Å². The first-order chi connectivity index (χ1) is 10.4.